The van der Waals surface area contributed by atoms with Crippen molar-refractivity contribution < 1.29 is 14.7 Å². The fraction of sp³-hybridized carbons (Fsp3) is 0.130. The van der Waals surface area contributed by atoms with Crippen LogP contribution in [-0.4, -0.2) is 32.5 Å². The fourth-order valence-electron chi connectivity index (χ4n) is 3.25. The summed E-state index contributed by atoms with van der Waals surface area (Å²) in [4.78, 5) is 34.6. The smallest absolute Gasteiger partial charge is 0.237 e. The van der Waals surface area contributed by atoms with Crippen LogP contribution in [0.3, 0.4) is 0 Å². The number of fused-ring (bicyclic) bond motifs is 1. The number of nitrogens with one attached hydrogen (secondary N) is 1. The minimum Gasteiger partial charge on any atom is -0.506 e. The summed E-state index contributed by atoms with van der Waals surface area (Å²) >= 11 is 8.93. The number of rotatable bonds is 6. The second-order valence-corrected chi connectivity index (χ2v) is 10.0. The number of aromatic hydroxyl groups is 1. The van der Waals surface area contributed by atoms with Gasteiger partial charge in [-0.2, -0.15) is 0 Å². The molecule has 4 rings (SSSR count). The lowest BCUT2D eigenvalue weighted by Gasteiger charge is -2.14. The lowest BCUT2D eigenvalue weighted by molar-refractivity contribution is -0.115. The van der Waals surface area contributed by atoms with Crippen molar-refractivity contribution in [2.24, 2.45) is 0 Å². The standard InChI is InChI=1S/C23H18ClN3O3S2/c1-12-19(15-4-6-16(24)7-5-15)20-22(31-12)25-11-26-23(20)32-13(2)21(30)27-17-9-14(10-28)3-8-18(17)29/h3-11,13,29H,1-2H3,(H,27,30). The Morgan fingerprint density at radius 1 is 1.22 bits per heavy atom. The van der Waals surface area contributed by atoms with E-state index in [2.05, 4.69) is 15.3 Å². The van der Waals surface area contributed by atoms with E-state index in [4.69, 9.17) is 11.6 Å². The maximum atomic E-state index is 12.8. The summed E-state index contributed by atoms with van der Waals surface area (Å²) in [6.45, 7) is 3.79. The molecule has 9 heteroatoms. The Bertz CT molecular complexity index is 1320. The summed E-state index contributed by atoms with van der Waals surface area (Å²) < 4.78 is 0. The average molecular weight is 484 g/mol. The topological polar surface area (TPSA) is 92.2 Å². The number of carbonyl (C=O) groups excluding carboxylic acids is 2. The molecule has 2 aromatic carbocycles. The van der Waals surface area contributed by atoms with Gasteiger partial charge in [-0.3, -0.25) is 9.59 Å². The first-order valence-corrected chi connectivity index (χ1v) is 11.7. The summed E-state index contributed by atoms with van der Waals surface area (Å²) in [5.41, 5.74) is 2.57. The number of benzene rings is 2. The van der Waals surface area contributed by atoms with E-state index in [9.17, 15) is 14.7 Å². The van der Waals surface area contributed by atoms with E-state index in [1.807, 2.05) is 31.2 Å². The third kappa shape index (κ3) is 4.48. The van der Waals surface area contributed by atoms with Crippen LogP contribution in [0.2, 0.25) is 5.02 Å². The number of anilines is 1. The van der Waals surface area contributed by atoms with Gasteiger partial charge in [-0.15, -0.1) is 11.3 Å². The molecule has 2 aromatic heterocycles. The van der Waals surface area contributed by atoms with Crippen LogP contribution >= 0.6 is 34.7 Å². The van der Waals surface area contributed by atoms with Gasteiger partial charge in [0.05, 0.1) is 16.3 Å². The molecule has 1 atom stereocenters. The van der Waals surface area contributed by atoms with Gasteiger partial charge < -0.3 is 10.4 Å². The van der Waals surface area contributed by atoms with Crippen molar-refractivity contribution >= 4 is 62.8 Å². The number of aldehydes is 1. The SMILES string of the molecule is Cc1sc2ncnc(SC(C)C(=O)Nc3cc(C=O)ccc3O)c2c1-c1ccc(Cl)cc1. The maximum Gasteiger partial charge on any atom is 0.237 e. The molecule has 32 heavy (non-hydrogen) atoms. The zero-order valence-corrected chi connectivity index (χ0v) is 19.5. The summed E-state index contributed by atoms with van der Waals surface area (Å²) in [7, 11) is 0. The summed E-state index contributed by atoms with van der Waals surface area (Å²) in [6, 6.07) is 11.9. The molecule has 6 nitrogen and oxygen atoms in total. The fourth-order valence-corrected chi connectivity index (χ4v) is 5.38. The number of phenols is 1. The summed E-state index contributed by atoms with van der Waals surface area (Å²) in [5.74, 6) is -0.427. The van der Waals surface area contributed by atoms with Crippen LogP contribution in [0.1, 0.15) is 22.2 Å². The number of carbonyl (C=O) groups is 2. The Hall–Kier alpha value is -2.94. The number of aromatic nitrogens is 2. The predicted molar refractivity (Wildman–Crippen MR) is 130 cm³/mol. The number of hydrogen-bond donors (Lipinski definition) is 2. The van der Waals surface area contributed by atoms with E-state index in [-0.39, 0.29) is 17.3 Å². The van der Waals surface area contributed by atoms with Gasteiger partial charge in [0.1, 0.15) is 28.2 Å². The molecule has 0 bridgehead atoms. The molecular formula is C23H18ClN3O3S2. The molecule has 0 saturated heterocycles. The zero-order valence-electron chi connectivity index (χ0n) is 17.1. The number of phenolic OH excluding ortho intramolecular Hbond substituents is 1. The highest BCUT2D eigenvalue weighted by Gasteiger charge is 2.22. The molecule has 1 unspecified atom stereocenters. The highest BCUT2D eigenvalue weighted by atomic mass is 35.5. The minimum atomic E-state index is -0.523. The molecule has 0 aliphatic rings. The van der Waals surface area contributed by atoms with Crippen LogP contribution in [0.5, 0.6) is 5.75 Å². The van der Waals surface area contributed by atoms with E-state index in [1.165, 1.54) is 36.3 Å². The monoisotopic (exact) mass is 483 g/mol. The number of nitrogens with zero attached hydrogens (tertiary/aromatic N) is 2. The number of halogens is 1. The third-order valence-corrected chi connectivity index (χ3v) is 7.20. The quantitative estimate of drug-likeness (QED) is 0.152. The molecule has 4 aromatic rings. The summed E-state index contributed by atoms with van der Waals surface area (Å²) in [6.07, 6.45) is 2.15. The molecule has 0 spiro atoms. The Kier molecular flexibility index (Phi) is 6.45. The highest BCUT2D eigenvalue weighted by molar-refractivity contribution is 8.00. The van der Waals surface area contributed by atoms with Crippen molar-refractivity contribution in [2.45, 2.75) is 24.1 Å². The van der Waals surface area contributed by atoms with Gasteiger partial charge in [0, 0.05) is 21.0 Å². The van der Waals surface area contributed by atoms with Gasteiger partial charge in [-0.05, 0) is 49.7 Å². The molecule has 0 aliphatic heterocycles. The predicted octanol–water partition coefficient (Wildman–Crippen LogP) is 5.96. The van der Waals surface area contributed by atoms with Crippen LogP contribution in [0, 0.1) is 6.92 Å². The van der Waals surface area contributed by atoms with Crippen molar-refractivity contribution in [3.05, 3.63) is 64.3 Å². The van der Waals surface area contributed by atoms with E-state index in [0.29, 0.717) is 21.9 Å². The van der Waals surface area contributed by atoms with E-state index < -0.39 is 5.25 Å². The van der Waals surface area contributed by atoms with E-state index in [0.717, 1.165) is 26.2 Å². The summed E-state index contributed by atoms with van der Waals surface area (Å²) in [5, 5.41) is 14.4. The van der Waals surface area contributed by atoms with Gasteiger partial charge >= 0.3 is 0 Å². The second-order valence-electron chi connectivity index (χ2n) is 7.04. The van der Waals surface area contributed by atoms with Crippen molar-refractivity contribution in [3.8, 4) is 16.9 Å². The number of hydrogen-bond acceptors (Lipinski definition) is 7. The first kappa shape index (κ1) is 22.3. The van der Waals surface area contributed by atoms with E-state index >= 15 is 0 Å². The Balaban J connectivity index is 1.65. The molecule has 1 amide bonds. The van der Waals surface area contributed by atoms with Crippen molar-refractivity contribution in [3.63, 3.8) is 0 Å². The van der Waals surface area contributed by atoms with E-state index in [1.54, 1.807) is 18.3 Å². The van der Waals surface area contributed by atoms with Crippen molar-refractivity contribution in [2.75, 3.05) is 5.32 Å². The first-order valence-electron chi connectivity index (χ1n) is 9.63. The van der Waals surface area contributed by atoms with Gasteiger partial charge in [-0.1, -0.05) is 35.5 Å². The molecule has 0 radical (unpaired) electrons. The molecule has 2 heterocycles. The third-order valence-electron chi connectivity index (χ3n) is 4.83. The van der Waals surface area contributed by atoms with Gasteiger partial charge in [0.2, 0.25) is 5.91 Å². The minimum absolute atomic E-state index is 0.107. The zero-order chi connectivity index (χ0) is 22.8. The van der Waals surface area contributed by atoms with Gasteiger partial charge in [0.15, 0.2) is 0 Å². The number of thiophene rings is 1. The number of aryl methyl sites for hydroxylation is 1. The largest absolute Gasteiger partial charge is 0.506 e. The maximum absolute atomic E-state index is 12.8. The van der Waals surface area contributed by atoms with Crippen LogP contribution in [-0.2, 0) is 4.79 Å². The molecular weight excluding hydrogens is 466 g/mol. The van der Waals surface area contributed by atoms with Gasteiger partial charge in [0.25, 0.3) is 0 Å². The number of amides is 1. The van der Waals surface area contributed by atoms with Gasteiger partial charge in [-0.25, -0.2) is 9.97 Å². The second kappa shape index (κ2) is 9.28. The van der Waals surface area contributed by atoms with Crippen molar-refractivity contribution in [1.82, 2.24) is 9.97 Å². The molecule has 0 aliphatic carbocycles. The molecule has 0 saturated carbocycles. The Labute approximate surface area is 197 Å². The van der Waals surface area contributed by atoms with Crippen molar-refractivity contribution in [1.29, 1.82) is 0 Å². The molecule has 2 N–H and O–H groups in total. The molecule has 162 valence electrons. The first-order chi connectivity index (χ1) is 15.4. The lowest BCUT2D eigenvalue weighted by atomic mass is 10.0. The lowest BCUT2D eigenvalue weighted by Crippen LogP contribution is -2.22. The Morgan fingerprint density at radius 2 is 1.97 bits per heavy atom. The molecule has 0 fully saturated rings. The van der Waals surface area contributed by atoms with Crippen LogP contribution in [0.15, 0.2) is 53.8 Å². The average Bonchev–Trinajstić information content (AvgIpc) is 3.12. The normalized spacial score (nSPS) is 12.0. The number of thioether (sulfide) groups is 1. The van der Waals surface area contributed by atoms with Crippen LogP contribution in [0.4, 0.5) is 5.69 Å². The highest BCUT2D eigenvalue weighted by Crippen LogP contribution is 2.42. The van der Waals surface area contributed by atoms with Crippen LogP contribution in [0.25, 0.3) is 21.3 Å². The Morgan fingerprint density at radius 3 is 2.69 bits per heavy atom. The van der Waals surface area contributed by atoms with Crippen LogP contribution < -0.4 is 5.32 Å².